The van der Waals surface area contributed by atoms with E-state index in [4.69, 9.17) is 4.52 Å². The second-order valence-corrected chi connectivity index (χ2v) is 7.52. The number of carbonyl (C=O) groups is 1. The highest BCUT2D eigenvalue weighted by Gasteiger charge is 2.26. The summed E-state index contributed by atoms with van der Waals surface area (Å²) in [6.45, 7) is 3.47. The molecule has 0 unspecified atom stereocenters. The molecule has 0 atom stereocenters. The molecule has 3 aromatic rings. The number of halogens is 2. The highest BCUT2D eigenvalue weighted by atomic mass is 19.1. The molecule has 1 fully saturated rings. The van der Waals surface area contributed by atoms with E-state index in [0.29, 0.717) is 36.1 Å². The summed E-state index contributed by atoms with van der Waals surface area (Å²) in [5, 5.41) is 6.75. The van der Waals surface area contributed by atoms with Crippen molar-refractivity contribution in [3.63, 3.8) is 0 Å². The third kappa shape index (κ3) is 4.71. The van der Waals surface area contributed by atoms with Crippen molar-refractivity contribution < 1.29 is 18.1 Å². The van der Waals surface area contributed by atoms with Crippen LogP contribution in [-0.4, -0.2) is 40.6 Å². The maximum atomic E-state index is 13.4. The van der Waals surface area contributed by atoms with Crippen molar-refractivity contribution in [2.45, 2.75) is 25.7 Å². The first kappa shape index (κ1) is 20.2. The minimum absolute atomic E-state index is 0.101. The van der Waals surface area contributed by atoms with E-state index in [1.165, 1.54) is 24.3 Å². The highest BCUT2D eigenvalue weighted by Crippen LogP contribution is 2.28. The quantitative estimate of drug-likeness (QED) is 0.682. The van der Waals surface area contributed by atoms with Crippen molar-refractivity contribution in [2.75, 3.05) is 25.0 Å². The van der Waals surface area contributed by atoms with E-state index in [9.17, 15) is 13.6 Å². The molecule has 2 heterocycles. The van der Waals surface area contributed by atoms with E-state index in [0.717, 1.165) is 18.4 Å². The molecule has 30 heavy (non-hydrogen) atoms. The fourth-order valence-electron chi connectivity index (χ4n) is 3.61. The Morgan fingerprint density at radius 2 is 1.93 bits per heavy atom. The average Bonchev–Trinajstić information content (AvgIpc) is 3.22. The van der Waals surface area contributed by atoms with Gasteiger partial charge in [-0.2, -0.15) is 4.98 Å². The van der Waals surface area contributed by atoms with Crippen LogP contribution in [0.15, 0.2) is 47.0 Å². The van der Waals surface area contributed by atoms with Gasteiger partial charge in [0.2, 0.25) is 17.6 Å². The lowest BCUT2D eigenvalue weighted by Crippen LogP contribution is -2.38. The molecule has 1 aliphatic heterocycles. The van der Waals surface area contributed by atoms with Gasteiger partial charge in [-0.15, -0.1) is 0 Å². The van der Waals surface area contributed by atoms with Crippen LogP contribution in [0.1, 0.15) is 30.2 Å². The number of benzene rings is 2. The Bertz CT molecular complexity index is 1050. The third-order valence-corrected chi connectivity index (χ3v) is 5.30. The normalized spacial score (nSPS) is 15.3. The van der Waals surface area contributed by atoms with Gasteiger partial charge in [-0.1, -0.05) is 23.4 Å². The molecule has 4 rings (SSSR count). The van der Waals surface area contributed by atoms with Crippen molar-refractivity contribution >= 4 is 11.6 Å². The standard InChI is InChI=1S/C22H22F2N4O2/c1-14-5-6-18(24)12-19(14)25-20(29)13-28-9-7-15(8-10-28)22-26-21(27-30-22)16-3-2-4-17(23)11-16/h2-6,11-12,15H,7-10,13H2,1H3,(H,25,29). The van der Waals surface area contributed by atoms with Crippen LogP contribution < -0.4 is 5.32 Å². The number of rotatable bonds is 5. The average molecular weight is 412 g/mol. The van der Waals surface area contributed by atoms with E-state index in [1.807, 2.05) is 11.8 Å². The zero-order valence-corrected chi connectivity index (χ0v) is 16.6. The monoisotopic (exact) mass is 412 g/mol. The minimum atomic E-state index is -0.381. The SMILES string of the molecule is Cc1ccc(F)cc1NC(=O)CN1CCC(c2nc(-c3cccc(F)c3)no2)CC1. The molecule has 0 spiro atoms. The molecular formula is C22H22F2N4O2. The predicted molar refractivity (Wildman–Crippen MR) is 108 cm³/mol. The predicted octanol–water partition coefficient (Wildman–Crippen LogP) is 4.14. The number of aryl methyl sites for hydroxylation is 1. The Morgan fingerprint density at radius 1 is 1.17 bits per heavy atom. The van der Waals surface area contributed by atoms with Crippen molar-refractivity contribution in [2.24, 2.45) is 0 Å². The van der Waals surface area contributed by atoms with Crippen LogP contribution in [0.3, 0.4) is 0 Å². The maximum absolute atomic E-state index is 13.4. The van der Waals surface area contributed by atoms with Crippen molar-refractivity contribution in [3.8, 4) is 11.4 Å². The number of piperidine rings is 1. The molecule has 8 heteroatoms. The van der Waals surface area contributed by atoms with Gasteiger partial charge < -0.3 is 9.84 Å². The van der Waals surface area contributed by atoms with E-state index in [2.05, 4.69) is 15.5 Å². The maximum Gasteiger partial charge on any atom is 0.238 e. The van der Waals surface area contributed by atoms with Gasteiger partial charge in [0.25, 0.3) is 0 Å². The van der Waals surface area contributed by atoms with Crippen LogP contribution in [0.2, 0.25) is 0 Å². The molecule has 1 amide bonds. The summed E-state index contributed by atoms with van der Waals surface area (Å²) in [6, 6.07) is 10.4. The number of carbonyl (C=O) groups excluding carboxylic acids is 1. The second kappa shape index (κ2) is 8.71. The Morgan fingerprint density at radius 3 is 2.70 bits per heavy atom. The van der Waals surface area contributed by atoms with E-state index < -0.39 is 0 Å². The number of aromatic nitrogens is 2. The number of nitrogens with zero attached hydrogens (tertiary/aromatic N) is 3. The van der Waals surface area contributed by atoms with Crippen LogP contribution in [0.25, 0.3) is 11.4 Å². The number of anilines is 1. The number of hydrogen-bond acceptors (Lipinski definition) is 5. The Hall–Kier alpha value is -3.13. The van der Waals surface area contributed by atoms with Gasteiger partial charge in [-0.3, -0.25) is 9.69 Å². The molecule has 2 aromatic carbocycles. The Labute approximate surface area is 172 Å². The Kier molecular flexibility index (Phi) is 5.85. The van der Waals surface area contributed by atoms with E-state index in [1.54, 1.807) is 18.2 Å². The molecule has 0 radical (unpaired) electrons. The van der Waals surface area contributed by atoms with Crippen molar-refractivity contribution in [1.82, 2.24) is 15.0 Å². The molecule has 0 aliphatic carbocycles. The van der Waals surface area contributed by atoms with Crippen LogP contribution >= 0.6 is 0 Å². The molecule has 156 valence electrons. The largest absolute Gasteiger partial charge is 0.339 e. The number of amides is 1. The summed E-state index contributed by atoms with van der Waals surface area (Å²) in [4.78, 5) is 18.8. The topological polar surface area (TPSA) is 71.3 Å². The lowest BCUT2D eigenvalue weighted by atomic mass is 9.97. The molecule has 1 aromatic heterocycles. The van der Waals surface area contributed by atoms with Gasteiger partial charge >= 0.3 is 0 Å². The minimum Gasteiger partial charge on any atom is -0.339 e. The molecule has 0 bridgehead atoms. The molecule has 6 nitrogen and oxygen atoms in total. The Balaban J connectivity index is 1.31. The highest BCUT2D eigenvalue weighted by molar-refractivity contribution is 5.92. The smallest absolute Gasteiger partial charge is 0.238 e. The van der Waals surface area contributed by atoms with Crippen LogP contribution in [0, 0.1) is 18.6 Å². The first-order valence-electron chi connectivity index (χ1n) is 9.86. The van der Waals surface area contributed by atoms with E-state index >= 15 is 0 Å². The number of nitrogens with one attached hydrogen (secondary N) is 1. The molecule has 1 N–H and O–H groups in total. The summed E-state index contributed by atoms with van der Waals surface area (Å²) in [7, 11) is 0. The fraction of sp³-hybridized carbons (Fsp3) is 0.318. The summed E-state index contributed by atoms with van der Waals surface area (Å²) in [5.41, 5.74) is 1.88. The summed E-state index contributed by atoms with van der Waals surface area (Å²) in [5.74, 6) is 0.108. The van der Waals surface area contributed by atoms with Crippen LogP contribution in [-0.2, 0) is 4.79 Å². The fourth-order valence-corrected chi connectivity index (χ4v) is 3.61. The van der Waals surface area contributed by atoms with Gasteiger partial charge in [-0.05, 0) is 62.7 Å². The van der Waals surface area contributed by atoms with Crippen molar-refractivity contribution in [3.05, 3.63) is 65.6 Å². The van der Waals surface area contributed by atoms with E-state index in [-0.39, 0.29) is 30.0 Å². The zero-order chi connectivity index (χ0) is 21.1. The lowest BCUT2D eigenvalue weighted by molar-refractivity contribution is -0.117. The van der Waals surface area contributed by atoms with Crippen molar-refractivity contribution in [1.29, 1.82) is 0 Å². The number of hydrogen-bond donors (Lipinski definition) is 1. The second-order valence-electron chi connectivity index (χ2n) is 7.52. The number of likely N-dealkylation sites (tertiary alicyclic amines) is 1. The summed E-state index contributed by atoms with van der Waals surface area (Å²) in [6.07, 6.45) is 1.55. The van der Waals surface area contributed by atoms with Gasteiger partial charge in [0, 0.05) is 17.2 Å². The third-order valence-electron chi connectivity index (χ3n) is 5.30. The van der Waals surface area contributed by atoms with Crippen LogP contribution in [0.4, 0.5) is 14.5 Å². The first-order chi connectivity index (χ1) is 14.5. The summed E-state index contributed by atoms with van der Waals surface area (Å²) < 4.78 is 32.2. The zero-order valence-electron chi connectivity index (χ0n) is 16.6. The molecule has 0 saturated carbocycles. The summed E-state index contributed by atoms with van der Waals surface area (Å²) >= 11 is 0. The van der Waals surface area contributed by atoms with Gasteiger partial charge in [0.05, 0.1) is 6.54 Å². The van der Waals surface area contributed by atoms with Gasteiger partial charge in [0.1, 0.15) is 11.6 Å². The van der Waals surface area contributed by atoms with Gasteiger partial charge in [0.15, 0.2) is 0 Å². The lowest BCUT2D eigenvalue weighted by Gasteiger charge is -2.29. The molecular weight excluding hydrogens is 390 g/mol. The molecule has 1 saturated heterocycles. The van der Waals surface area contributed by atoms with Gasteiger partial charge in [-0.25, -0.2) is 8.78 Å². The van der Waals surface area contributed by atoms with Crippen LogP contribution in [0.5, 0.6) is 0 Å². The molecule has 1 aliphatic rings. The first-order valence-corrected chi connectivity index (χ1v) is 9.86.